The van der Waals surface area contributed by atoms with Gasteiger partial charge in [-0.3, -0.25) is 4.79 Å². The van der Waals surface area contributed by atoms with Gasteiger partial charge in [0.05, 0.1) is 12.0 Å². The fourth-order valence-electron chi connectivity index (χ4n) is 3.86. The number of aromatic amines is 1. The van der Waals surface area contributed by atoms with Crippen molar-refractivity contribution in [2.45, 2.75) is 38.1 Å². The van der Waals surface area contributed by atoms with Crippen molar-refractivity contribution < 1.29 is 17.9 Å². The molecule has 0 unspecified atom stereocenters. The highest BCUT2D eigenvalue weighted by Crippen LogP contribution is 2.44. The average molecular weight is 555 g/mol. The van der Waals surface area contributed by atoms with Crippen LogP contribution in [0.1, 0.15) is 26.3 Å². The van der Waals surface area contributed by atoms with E-state index in [1.807, 2.05) is 0 Å². The maximum absolute atomic E-state index is 14.1. The van der Waals surface area contributed by atoms with Crippen molar-refractivity contribution in [2.24, 2.45) is 0 Å². The molecule has 11 heteroatoms. The predicted molar refractivity (Wildman–Crippen MR) is 147 cm³/mol. The summed E-state index contributed by atoms with van der Waals surface area (Å²) < 4.78 is 40.9. The van der Waals surface area contributed by atoms with Crippen LogP contribution in [0.2, 0.25) is 5.15 Å². The van der Waals surface area contributed by atoms with E-state index in [1.54, 1.807) is 76.2 Å². The zero-order valence-electron chi connectivity index (χ0n) is 21.5. The number of para-hydroxylation sites is 2. The number of benzene rings is 2. The molecule has 0 fully saturated rings. The topological polar surface area (TPSA) is 114 Å². The first-order valence-corrected chi connectivity index (χ1v) is 13.4. The van der Waals surface area contributed by atoms with Crippen molar-refractivity contribution in [1.29, 1.82) is 0 Å². The van der Waals surface area contributed by atoms with Gasteiger partial charge >= 0.3 is 0 Å². The summed E-state index contributed by atoms with van der Waals surface area (Å²) in [6, 6.07) is 16.5. The molecule has 0 aliphatic rings. The van der Waals surface area contributed by atoms with Gasteiger partial charge in [-0.25, -0.2) is 22.7 Å². The highest BCUT2D eigenvalue weighted by Gasteiger charge is 2.39. The van der Waals surface area contributed by atoms with Gasteiger partial charge in [-0.05, 0) is 58.0 Å². The van der Waals surface area contributed by atoms with E-state index in [9.17, 15) is 13.2 Å². The molecule has 0 aliphatic heterocycles. The maximum atomic E-state index is 14.1. The summed E-state index contributed by atoms with van der Waals surface area (Å²) in [4.78, 5) is 24.0. The van der Waals surface area contributed by atoms with E-state index in [4.69, 9.17) is 21.1 Å². The van der Waals surface area contributed by atoms with E-state index in [2.05, 4.69) is 15.0 Å². The molecule has 2 aromatic carbocycles. The monoisotopic (exact) mass is 554 g/mol. The number of sulfonamides is 1. The van der Waals surface area contributed by atoms with Crippen molar-refractivity contribution in [3.05, 3.63) is 87.9 Å². The van der Waals surface area contributed by atoms with Crippen molar-refractivity contribution in [3.63, 3.8) is 0 Å². The van der Waals surface area contributed by atoms with Gasteiger partial charge in [0, 0.05) is 22.9 Å². The number of anilines is 1. The van der Waals surface area contributed by atoms with Crippen molar-refractivity contribution in [2.75, 3.05) is 11.4 Å². The molecule has 198 valence electrons. The summed E-state index contributed by atoms with van der Waals surface area (Å²) in [5, 5.41) is -0.145. The molecular weight excluding hydrogens is 528 g/mol. The molecule has 4 rings (SSSR count). The fourth-order valence-corrected chi connectivity index (χ4v) is 5.85. The number of H-pyrrole nitrogens is 1. The summed E-state index contributed by atoms with van der Waals surface area (Å²) in [5.41, 5.74) is -0.610. The van der Waals surface area contributed by atoms with Gasteiger partial charge in [-0.1, -0.05) is 41.9 Å². The summed E-state index contributed by atoms with van der Waals surface area (Å²) in [5.74, 6) is 0.572. The van der Waals surface area contributed by atoms with E-state index >= 15 is 0 Å². The Morgan fingerprint density at radius 2 is 1.58 bits per heavy atom. The maximum Gasteiger partial charge on any atom is 0.266 e. The first kappa shape index (κ1) is 27.2. The van der Waals surface area contributed by atoms with E-state index < -0.39 is 15.6 Å². The van der Waals surface area contributed by atoms with Gasteiger partial charge in [-0.15, -0.1) is 0 Å². The Morgan fingerprint density at radius 1 is 0.947 bits per heavy atom. The minimum absolute atomic E-state index is 0.0572. The molecule has 0 aliphatic carbocycles. The molecular formula is C27H27ClN4O5S. The van der Waals surface area contributed by atoms with Crippen molar-refractivity contribution >= 4 is 27.4 Å². The van der Waals surface area contributed by atoms with Crippen LogP contribution in [0.15, 0.2) is 76.6 Å². The Balaban J connectivity index is 2.05. The third kappa shape index (κ3) is 5.23. The second-order valence-electron chi connectivity index (χ2n) is 9.34. The summed E-state index contributed by atoms with van der Waals surface area (Å²) in [7, 11) is -2.68. The smallest absolute Gasteiger partial charge is 0.266 e. The van der Waals surface area contributed by atoms with Gasteiger partial charge in [0.1, 0.15) is 0 Å². The van der Waals surface area contributed by atoms with Crippen molar-refractivity contribution in [3.8, 4) is 28.6 Å². The third-order valence-corrected chi connectivity index (χ3v) is 7.95. The predicted octanol–water partition coefficient (Wildman–Crippen LogP) is 5.59. The second-order valence-corrected chi connectivity index (χ2v) is 11.5. The Labute approximate surface area is 226 Å². The molecule has 1 N–H and O–H groups in total. The minimum Gasteiger partial charge on any atom is -0.493 e. The Kier molecular flexibility index (Phi) is 7.48. The number of halogens is 1. The number of rotatable bonds is 7. The molecule has 4 aromatic rings. The summed E-state index contributed by atoms with van der Waals surface area (Å²) >= 11 is 6.69. The molecule has 38 heavy (non-hydrogen) atoms. The number of hydrogen-bond donors (Lipinski definition) is 1. The SMILES string of the molecule is COc1ccccc1Oc1c(Cl)nc(-c2cc[nH]c(=O)c2C)nc1N(C(C)(C)C)S(=O)(=O)c1ccccc1. The zero-order chi connectivity index (χ0) is 27.7. The van der Waals surface area contributed by atoms with Crippen LogP contribution in [-0.2, 0) is 10.0 Å². The number of ether oxygens (including phenoxy) is 2. The Bertz CT molecular complexity index is 1630. The normalized spacial score (nSPS) is 11.7. The lowest BCUT2D eigenvalue weighted by molar-refractivity contribution is 0.377. The van der Waals surface area contributed by atoms with E-state index in [1.165, 1.54) is 25.4 Å². The summed E-state index contributed by atoms with van der Waals surface area (Å²) in [6.07, 6.45) is 1.46. The van der Waals surface area contributed by atoms with E-state index in [0.29, 0.717) is 16.9 Å². The van der Waals surface area contributed by atoms with Crippen molar-refractivity contribution in [1.82, 2.24) is 15.0 Å². The van der Waals surface area contributed by atoms with Crippen LogP contribution < -0.4 is 19.3 Å². The van der Waals surface area contributed by atoms with Gasteiger partial charge in [0.2, 0.25) is 5.75 Å². The third-order valence-electron chi connectivity index (χ3n) is 5.62. The molecule has 9 nitrogen and oxygen atoms in total. The summed E-state index contributed by atoms with van der Waals surface area (Å²) in [6.45, 7) is 6.81. The number of nitrogens with zero attached hydrogens (tertiary/aromatic N) is 3. The van der Waals surface area contributed by atoms with E-state index in [-0.39, 0.29) is 38.7 Å². The lowest BCUT2D eigenvalue weighted by Crippen LogP contribution is -2.46. The molecule has 0 radical (unpaired) electrons. The molecule has 0 saturated heterocycles. The number of nitrogens with one attached hydrogen (secondary N) is 1. The average Bonchev–Trinajstić information content (AvgIpc) is 2.87. The standard InChI is InChI=1S/C27H27ClN4O5S/c1-17-19(15-16-29-26(17)33)24-30-23(28)22(37-21-14-10-9-13-20(21)36-5)25(31-24)32(27(2,3)4)38(34,35)18-11-7-6-8-12-18/h6-16H,1-5H3,(H,29,33). The highest BCUT2D eigenvalue weighted by atomic mass is 35.5. The minimum atomic E-state index is -4.17. The molecule has 0 spiro atoms. The first-order chi connectivity index (χ1) is 17.9. The van der Waals surface area contributed by atoms with E-state index in [0.717, 1.165) is 4.31 Å². The van der Waals surface area contributed by atoms with Crippen LogP contribution in [0, 0.1) is 6.92 Å². The largest absolute Gasteiger partial charge is 0.493 e. The number of hydrogen-bond acceptors (Lipinski definition) is 7. The highest BCUT2D eigenvalue weighted by molar-refractivity contribution is 7.92. The molecule has 0 amide bonds. The number of methoxy groups -OCH3 is 1. The van der Waals surface area contributed by atoms with Crippen LogP contribution in [-0.4, -0.2) is 36.0 Å². The van der Waals surface area contributed by atoms with Crippen LogP contribution in [0.4, 0.5) is 5.82 Å². The lowest BCUT2D eigenvalue weighted by atomic mass is 10.1. The quantitative estimate of drug-likeness (QED) is 0.296. The Hall–Kier alpha value is -3.89. The van der Waals surface area contributed by atoms with Gasteiger partial charge in [0.15, 0.2) is 28.3 Å². The number of aromatic nitrogens is 3. The molecule has 0 bridgehead atoms. The Morgan fingerprint density at radius 3 is 2.21 bits per heavy atom. The molecule has 2 heterocycles. The van der Waals surface area contributed by atoms with Gasteiger partial charge in [-0.2, -0.15) is 0 Å². The number of pyridine rings is 1. The van der Waals surface area contributed by atoms with Crippen LogP contribution in [0.5, 0.6) is 17.2 Å². The first-order valence-electron chi connectivity index (χ1n) is 11.6. The van der Waals surface area contributed by atoms with Crippen LogP contribution in [0.3, 0.4) is 0 Å². The van der Waals surface area contributed by atoms with Crippen LogP contribution in [0.25, 0.3) is 11.4 Å². The van der Waals surface area contributed by atoms with Crippen LogP contribution >= 0.6 is 11.6 Å². The molecule has 0 atom stereocenters. The molecule has 2 aromatic heterocycles. The fraction of sp³-hybridized carbons (Fsp3) is 0.222. The zero-order valence-corrected chi connectivity index (χ0v) is 23.1. The second kappa shape index (κ2) is 10.5. The van der Waals surface area contributed by atoms with Gasteiger partial charge in [0.25, 0.3) is 15.6 Å². The van der Waals surface area contributed by atoms with Gasteiger partial charge < -0.3 is 14.5 Å². The lowest BCUT2D eigenvalue weighted by Gasteiger charge is -2.36. The molecule has 0 saturated carbocycles.